The van der Waals surface area contributed by atoms with Crippen molar-refractivity contribution in [2.45, 2.75) is 32.3 Å². The van der Waals surface area contributed by atoms with Gasteiger partial charge in [-0.2, -0.15) is 0 Å². The standard InChI is InChI=1S/C22H28N2O3/c25-17-18-8-10-20(11-9-18)27-21-7-4-6-19(16-21)22(26)23-12-5-15-24-13-2-1-3-14-24/h4,6-11,16,25H,1-3,5,12-15,17H2,(H,23,26). The number of carbonyl (C=O) groups excluding carboxylic acids is 1. The van der Waals surface area contributed by atoms with Gasteiger partial charge in [-0.05, 0) is 74.8 Å². The highest BCUT2D eigenvalue weighted by Crippen LogP contribution is 2.22. The summed E-state index contributed by atoms with van der Waals surface area (Å²) < 4.78 is 5.81. The number of rotatable bonds is 8. The maximum atomic E-state index is 12.4. The van der Waals surface area contributed by atoms with Crippen LogP contribution in [-0.2, 0) is 6.61 Å². The van der Waals surface area contributed by atoms with Crippen LogP contribution in [0.25, 0.3) is 0 Å². The molecule has 0 aromatic heterocycles. The number of ether oxygens (including phenoxy) is 1. The maximum absolute atomic E-state index is 12.4. The van der Waals surface area contributed by atoms with E-state index in [0.717, 1.165) is 18.5 Å². The molecule has 2 aromatic carbocycles. The molecule has 5 nitrogen and oxygen atoms in total. The van der Waals surface area contributed by atoms with E-state index in [4.69, 9.17) is 9.84 Å². The minimum Gasteiger partial charge on any atom is -0.457 e. The summed E-state index contributed by atoms with van der Waals surface area (Å²) in [7, 11) is 0. The van der Waals surface area contributed by atoms with Crippen LogP contribution in [0.3, 0.4) is 0 Å². The number of hydrogen-bond acceptors (Lipinski definition) is 4. The lowest BCUT2D eigenvalue weighted by atomic mass is 10.1. The van der Waals surface area contributed by atoms with Gasteiger partial charge in [0, 0.05) is 12.1 Å². The van der Waals surface area contributed by atoms with Crippen molar-refractivity contribution in [2.24, 2.45) is 0 Å². The molecule has 1 aliphatic rings. The fourth-order valence-corrected chi connectivity index (χ4v) is 3.29. The van der Waals surface area contributed by atoms with Gasteiger partial charge in [-0.3, -0.25) is 4.79 Å². The summed E-state index contributed by atoms with van der Waals surface area (Å²) in [6.45, 7) is 4.11. The van der Waals surface area contributed by atoms with Crippen LogP contribution in [0.2, 0.25) is 0 Å². The number of benzene rings is 2. The van der Waals surface area contributed by atoms with E-state index < -0.39 is 0 Å². The van der Waals surface area contributed by atoms with Crippen molar-refractivity contribution in [1.29, 1.82) is 0 Å². The van der Waals surface area contributed by atoms with Crippen molar-refractivity contribution < 1.29 is 14.6 Å². The second-order valence-corrected chi connectivity index (χ2v) is 6.94. The fraction of sp³-hybridized carbons (Fsp3) is 0.409. The highest BCUT2D eigenvalue weighted by atomic mass is 16.5. The molecule has 5 heteroatoms. The van der Waals surface area contributed by atoms with Gasteiger partial charge in [-0.15, -0.1) is 0 Å². The molecule has 0 atom stereocenters. The minimum absolute atomic E-state index is 0.00764. The van der Waals surface area contributed by atoms with Gasteiger partial charge in [0.25, 0.3) is 5.91 Å². The third kappa shape index (κ3) is 6.08. The number of piperidine rings is 1. The van der Waals surface area contributed by atoms with Crippen molar-refractivity contribution >= 4 is 5.91 Å². The molecule has 144 valence electrons. The van der Waals surface area contributed by atoms with Gasteiger partial charge in [0.2, 0.25) is 0 Å². The number of carbonyl (C=O) groups is 1. The first kappa shape index (κ1) is 19.4. The largest absolute Gasteiger partial charge is 0.457 e. The van der Waals surface area contributed by atoms with Gasteiger partial charge in [0.15, 0.2) is 0 Å². The molecule has 1 heterocycles. The van der Waals surface area contributed by atoms with Crippen LogP contribution in [0.5, 0.6) is 11.5 Å². The number of aliphatic hydroxyl groups excluding tert-OH is 1. The molecule has 0 bridgehead atoms. The average molecular weight is 368 g/mol. The van der Waals surface area contributed by atoms with Crippen LogP contribution in [0.4, 0.5) is 0 Å². The number of amides is 1. The van der Waals surface area contributed by atoms with Gasteiger partial charge in [-0.25, -0.2) is 0 Å². The van der Waals surface area contributed by atoms with Crippen molar-refractivity contribution in [1.82, 2.24) is 10.2 Å². The highest BCUT2D eigenvalue weighted by molar-refractivity contribution is 5.94. The van der Waals surface area contributed by atoms with E-state index in [2.05, 4.69) is 10.2 Å². The van der Waals surface area contributed by atoms with Gasteiger partial charge >= 0.3 is 0 Å². The third-order valence-corrected chi connectivity index (χ3v) is 4.82. The third-order valence-electron chi connectivity index (χ3n) is 4.82. The molecule has 1 saturated heterocycles. The van der Waals surface area contributed by atoms with E-state index >= 15 is 0 Å². The number of hydrogen-bond donors (Lipinski definition) is 2. The van der Waals surface area contributed by atoms with Crippen LogP contribution in [0.1, 0.15) is 41.6 Å². The second kappa shape index (κ2) is 10.1. The molecule has 0 saturated carbocycles. The Balaban J connectivity index is 1.47. The summed E-state index contributed by atoms with van der Waals surface area (Å²) in [5.74, 6) is 1.22. The summed E-state index contributed by atoms with van der Waals surface area (Å²) in [5.41, 5.74) is 1.43. The first-order valence-corrected chi connectivity index (χ1v) is 9.73. The molecule has 0 unspecified atom stereocenters. The number of nitrogens with one attached hydrogen (secondary N) is 1. The van der Waals surface area contributed by atoms with Crippen molar-refractivity contribution in [3.63, 3.8) is 0 Å². The van der Waals surface area contributed by atoms with Crippen LogP contribution >= 0.6 is 0 Å². The number of nitrogens with zero attached hydrogens (tertiary/aromatic N) is 1. The molecule has 2 N–H and O–H groups in total. The molecule has 27 heavy (non-hydrogen) atoms. The Kier molecular flexibility index (Phi) is 7.25. The van der Waals surface area contributed by atoms with E-state index in [1.807, 2.05) is 24.3 Å². The average Bonchev–Trinajstić information content (AvgIpc) is 2.72. The second-order valence-electron chi connectivity index (χ2n) is 6.94. The van der Waals surface area contributed by atoms with Gasteiger partial charge in [0.1, 0.15) is 11.5 Å². The lowest BCUT2D eigenvalue weighted by Crippen LogP contribution is -2.33. The summed E-state index contributed by atoms with van der Waals surface area (Å²) in [6, 6.07) is 14.4. The summed E-state index contributed by atoms with van der Waals surface area (Å²) in [5, 5.41) is 12.1. The van der Waals surface area contributed by atoms with Gasteiger partial charge in [-0.1, -0.05) is 24.6 Å². The smallest absolute Gasteiger partial charge is 0.251 e. The predicted octanol–water partition coefficient (Wildman–Crippen LogP) is 3.58. The number of likely N-dealkylation sites (tertiary alicyclic amines) is 1. The molecule has 2 aromatic rings. The summed E-state index contributed by atoms with van der Waals surface area (Å²) >= 11 is 0. The molecule has 1 amide bonds. The first-order chi connectivity index (χ1) is 13.2. The lowest BCUT2D eigenvalue weighted by molar-refractivity contribution is 0.0950. The Bertz CT molecular complexity index is 725. The molecular weight excluding hydrogens is 340 g/mol. The molecule has 0 radical (unpaired) electrons. The Hall–Kier alpha value is -2.37. The molecule has 0 aliphatic carbocycles. The van der Waals surface area contributed by atoms with E-state index in [9.17, 15) is 4.79 Å². The predicted molar refractivity (Wildman–Crippen MR) is 106 cm³/mol. The van der Waals surface area contributed by atoms with Crippen molar-refractivity contribution in [3.8, 4) is 11.5 Å². The molecule has 3 rings (SSSR count). The molecule has 1 fully saturated rings. The van der Waals surface area contributed by atoms with Crippen LogP contribution in [0.15, 0.2) is 48.5 Å². The fourth-order valence-electron chi connectivity index (χ4n) is 3.29. The Morgan fingerprint density at radius 3 is 2.56 bits per heavy atom. The topological polar surface area (TPSA) is 61.8 Å². The van der Waals surface area contributed by atoms with Crippen molar-refractivity contribution in [3.05, 3.63) is 59.7 Å². The van der Waals surface area contributed by atoms with Gasteiger partial charge in [0.05, 0.1) is 6.61 Å². The lowest BCUT2D eigenvalue weighted by Gasteiger charge is -2.26. The Morgan fingerprint density at radius 2 is 1.81 bits per heavy atom. The normalized spacial score (nSPS) is 14.7. The van der Waals surface area contributed by atoms with E-state index in [-0.39, 0.29) is 12.5 Å². The Morgan fingerprint density at radius 1 is 1.04 bits per heavy atom. The van der Waals surface area contributed by atoms with Crippen LogP contribution < -0.4 is 10.1 Å². The van der Waals surface area contributed by atoms with Gasteiger partial charge < -0.3 is 20.1 Å². The zero-order valence-corrected chi connectivity index (χ0v) is 15.7. The molecule has 0 spiro atoms. The SMILES string of the molecule is O=C(NCCCN1CCCCC1)c1cccc(Oc2ccc(CO)cc2)c1. The maximum Gasteiger partial charge on any atom is 0.251 e. The quantitative estimate of drug-likeness (QED) is 0.699. The summed E-state index contributed by atoms with van der Waals surface area (Å²) in [4.78, 5) is 14.9. The number of aliphatic hydroxyl groups is 1. The summed E-state index contributed by atoms with van der Waals surface area (Å²) in [6.07, 6.45) is 4.90. The Labute approximate surface area is 161 Å². The zero-order valence-electron chi connectivity index (χ0n) is 15.7. The zero-order chi connectivity index (χ0) is 18.9. The first-order valence-electron chi connectivity index (χ1n) is 9.73. The highest BCUT2D eigenvalue weighted by Gasteiger charge is 2.10. The van der Waals surface area contributed by atoms with Crippen molar-refractivity contribution in [2.75, 3.05) is 26.2 Å². The van der Waals surface area contributed by atoms with Crippen LogP contribution in [0, 0.1) is 0 Å². The molecule has 1 aliphatic heterocycles. The minimum atomic E-state index is -0.0743. The van der Waals surface area contributed by atoms with E-state index in [1.165, 1.54) is 32.4 Å². The van der Waals surface area contributed by atoms with E-state index in [1.54, 1.807) is 24.3 Å². The van der Waals surface area contributed by atoms with Crippen LogP contribution in [-0.4, -0.2) is 42.1 Å². The molecular formula is C22H28N2O3. The van der Waals surface area contributed by atoms with E-state index in [0.29, 0.717) is 23.6 Å². The monoisotopic (exact) mass is 368 g/mol.